The first-order chi connectivity index (χ1) is 7.25. The first-order valence-corrected chi connectivity index (χ1v) is 5.29. The molecule has 0 saturated heterocycles. The summed E-state index contributed by atoms with van der Waals surface area (Å²) in [5.74, 6) is 0. The van der Waals surface area contributed by atoms with Crippen molar-refractivity contribution < 1.29 is 9.52 Å². The lowest BCUT2D eigenvalue weighted by Gasteiger charge is -2.03. The second-order valence-corrected chi connectivity index (χ2v) is 3.98. The lowest BCUT2D eigenvalue weighted by molar-refractivity contribution is 0.198. The minimum atomic E-state index is -0.488. The highest BCUT2D eigenvalue weighted by Crippen LogP contribution is 2.24. The van der Waals surface area contributed by atoms with E-state index in [1.807, 2.05) is 12.1 Å². The van der Waals surface area contributed by atoms with Crippen molar-refractivity contribution in [2.45, 2.75) is 23.3 Å². The molecule has 0 aromatic carbocycles. The van der Waals surface area contributed by atoms with Gasteiger partial charge in [0.05, 0.1) is 12.3 Å². The summed E-state index contributed by atoms with van der Waals surface area (Å²) >= 11 is 1.34. The fourth-order valence-corrected chi connectivity index (χ4v) is 1.69. The van der Waals surface area contributed by atoms with Gasteiger partial charge in [-0.05, 0) is 30.3 Å². The molecule has 1 N–H and O–H groups in total. The van der Waals surface area contributed by atoms with Gasteiger partial charge in [0.2, 0.25) is 0 Å². The summed E-state index contributed by atoms with van der Waals surface area (Å²) in [4.78, 5) is 8.15. The summed E-state index contributed by atoms with van der Waals surface area (Å²) in [6.07, 6.45) is 4.27. The smallest absolute Gasteiger partial charge is 0.261 e. The predicted molar refractivity (Wildman–Crippen MR) is 55.5 cm³/mol. The molecule has 0 spiro atoms. The summed E-state index contributed by atoms with van der Waals surface area (Å²) in [5.41, 5.74) is 0.798. The van der Waals surface area contributed by atoms with Crippen LogP contribution in [0.25, 0.3) is 0 Å². The largest absolute Gasteiger partial charge is 0.440 e. The summed E-state index contributed by atoms with van der Waals surface area (Å²) < 4.78 is 5.08. The molecule has 78 valence electrons. The minimum absolute atomic E-state index is 0.488. The molecule has 0 bridgehead atoms. The zero-order valence-electron chi connectivity index (χ0n) is 8.12. The number of rotatable bonds is 3. The molecule has 1 atom stereocenters. The molecule has 0 amide bonds. The van der Waals surface area contributed by atoms with Gasteiger partial charge in [-0.3, -0.25) is 0 Å². The Hall–Kier alpha value is -1.33. The number of oxazole rings is 1. The average molecular weight is 222 g/mol. The van der Waals surface area contributed by atoms with Crippen molar-refractivity contribution in [2.24, 2.45) is 0 Å². The van der Waals surface area contributed by atoms with Crippen molar-refractivity contribution in [3.05, 3.63) is 36.4 Å². The van der Waals surface area contributed by atoms with Crippen molar-refractivity contribution in [3.63, 3.8) is 0 Å². The molecule has 0 saturated carbocycles. The normalized spacial score (nSPS) is 12.7. The number of aliphatic hydroxyl groups is 1. The summed E-state index contributed by atoms with van der Waals surface area (Å²) in [6.45, 7) is 1.71. The van der Waals surface area contributed by atoms with Crippen LogP contribution in [0.4, 0.5) is 0 Å². The van der Waals surface area contributed by atoms with E-state index in [0.717, 1.165) is 10.6 Å². The topological polar surface area (TPSA) is 59.2 Å². The number of pyridine rings is 1. The van der Waals surface area contributed by atoms with E-state index in [0.29, 0.717) is 5.22 Å². The molecule has 5 heteroatoms. The lowest BCUT2D eigenvalue weighted by atomic mass is 10.2. The van der Waals surface area contributed by atoms with Crippen LogP contribution in [-0.2, 0) is 0 Å². The van der Waals surface area contributed by atoms with E-state index in [4.69, 9.17) is 4.42 Å². The Balaban J connectivity index is 2.11. The molecule has 15 heavy (non-hydrogen) atoms. The molecule has 2 rings (SSSR count). The molecule has 2 heterocycles. The predicted octanol–water partition coefficient (Wildman–Crippen LogP) is 2.27. The molecular formula is C10H10N2O2S. The standard InChI is InChI=1S/C10H10N2O2S/c1-7(13)8-2-3-9(12-6-8)15-10-11-4-5-14-10/h2-7,13H,1H3/t7-/m0/s1. The van der Waals surface area contributed by atoms with Gasteiger partial charge < -0.3 is 9.52 Å². The van der Waals surface area contributed by atoms with Crippen LogP contribution in [-0.4, -0.2) is 15.1 Å². The van der Waals surface area contributed by atoms with Gasteiger partial charge in [0.15, 0.2) is 0 Å². The molecule has 2 aromatic rings. The van der Waals surface area contributed by atoms with E-state index in [9.17, 15) is 5.11 Å². The molecule has 2 aromatic heterocycles. The van der Waals surface area contributed by atoms with Crippen molar-refractivity contribution >= 4 is 11.8 Å². The fourth-order valence-electron chi connectivity index (χ4n) is 1.05. The minimum Gasteiger partial charge on any atom is -0.440 e. The van der Waals surface area contributed by atoms with E-state index in [2.05, 4.69) is 9.97 Å². The third kappa shape index (κ3) is 2.57. The van der Waals surface area contributed by atoms with Gasteiger partial charge in [-0.15, -0.1) is 0 Å². The van der Waals surface area contributed by atoms with E-state index in [-0.39, 0.29) is 0 Å². The SMILES string of the molecule is C[C@H](O)c1ccc(Sc2ncco2)nc1. The van der Waals surface area contributed by atoms with Crippen LogP contribution < -0.4 is 0 Å². The van der Waals surface area contributed by atoms with Crippen LogP contribution in [0.5, 0.6) is 0 Å². The maximum atomic E-state index is 9.29. The first kappa shape index (κ1) is 10.2. The Morgan fingerprint density at radius 3 is 2.80 bits per heavy atom. The van der Waals surface area contributed by atoms with Crippen LogP contribution in [0, 0.1) is 0 Å². The second-order valence-electron chi connectivity index (χ2n) is 3.01. The third-order valence-corrected chi connectivity index (χ3v) is 2.67. The van der Waals surface area contributed by atoms with Crippen LogP contribution >= 0.6 is 11.8 Å². The van der Waals surface area contributed by atoms with Crippen molar-refractivity contribution in [3.8, 4) is 0 Å². The highest BCUT2D eigenvalue weighted by Gasteiger charge is 2.04. The second kappa shape index (κ2) is 4.46. The summed E-state index contributed by atoms with van der Waals surface area (Å²) in [5, 5.41) is 10.6. The number of hydrogen-bond donors (Lipinski definition) is 1. The van der Waals surface area contributed by atoms with Gasteiger partial charge in [0.1, 0.15) is 11.3 Å². The maximum Gasteiger partial charge on any atom is 0.261 e. The van der Waals surface area contributed by atoms with E-state index >= 15 is 0 Å². The third-order valence-electron chi connectivity index (χ3n) is 1.84. The zero-order valence-corrected chi connectivity index (χ0v) is 8.94. The van der Waals surface area contributed by atoms with Crippen LogP contribution in [0.2, 0.25) is 0 Å². The molecule has 0 aliphatic carbocycles. The quantitative estimate of drug-likeness (QED) is 0.863. The Kier molecular flexibility index (Phi) is 3.03. The Labute approximate surface area is 91.4 Å². The Bertz CT molecular complexity index is 411. The van der Waals surface area contributed by atoms with E-state index < -0.39 is 6.10 Å². The summed E-state index contributed by atoms with van der Waals surface area (Å²) in [6, 6.07) is 3.67. The molecular weight excluding hydrogens is 212 g/mol. The van der Waals surface area contributed by atoms with Crippen molar-refractivity contribution in [1.29, 1.82) is 0 Å². The fraction of sp³-hybridized carbons (Fsp3) is 0.200. The Morgan fingerprint density at radius 2 is 2.27 bits per heavy atom. The van der Waals surface area contributed by atoms with E-state index in [1.54, 1.807) is 19.3 Å². The Morgan fingerprint density at radius 1 is 1.40 bits per heavy atom. The number of hydrogen-bond acceptors (Lipinski definition) is 5. The van der Waals surface area contributed by atoms with E-state index in [1.165, 1.54) is 18.0 Å². The zero-order chi connectivity index (χ0) is 10.7. The van der Waals surface area contributed by atoms with Gasteiger partial charge in [0.25, 0.3) is 5.22 Å². The number of aliphatic hydroxyl groups excluding tert-OH is 1. The molecule has 0 aliphatic rings. The van der Waals surface area contributed by atoms with Gasteiger partial charge in [-0.25, -0.2) is 9.97 Å². The van der Waals surface area contributed by atoms with Crippen LogP contribution in [0.3, 0.4) is 0 Å². The molecule has 0 radical (unpaired) electrons. The van der Waals surface area contributed by atoms with Crippen molar-refractivity contribution in [2.75, 3.05) is 0 Å². The van der Waals surface area contributed by atoms with Gasteiger partial charge in [-0.2, -0.15) is 0 Å². The van der Waals surface area contributed by atoms with Gasteiger partial charge >= 0.3 is 0 Å². The molecule has 4 nitrogen and oxygen atoms in total. The van der Waals surface area contributed by atoms with Gasteiger partial charge in [-0.1, -0.05) is 6.07 Å². The van der Waals surface area contributed by atoms with Crippen molar-refractivity contribution in [1.82, 2.24) is 9.97 Å². The average Bonchev–Trinajstić information content (AvgIpc) is 2.71. The monoisotopic (exact) mass is 222 g/mol. The highest BCUT2D eigenvalue weighted by molar-refractivity contribution is 7.99. The lowest BCUT2D eigenvalue weighted by Crippen LogP contribution is -1.91. The number of aromatic nitrogens is 2. The first-order valence-electron chi connectivity index (χ1n) is 4.47. The highest BCUT2D eigenvalue weighted by atomic mass is 32.2. The molecule has 0 fully saturated rings. The molecule has 0 unspecified atom stereocenters. The maximum absolute atomic E-state index is 9.29. The molecule has 0 aliphatic heterocycles. The van der Waals surface area contributed by atoms with Crippen LogP contribution in [0.1, 0.15) is 18.6 Å². The summed E-state index contributed by atoms with van der Waals surface area (Å²) in [7, 11) is 0. The van der Waals surface area contributed by atoms with Crippen LogP contribution in [0.15, 0.2) is 45.5 Å². The van der Waals surface area contributed by atoms with Gasteiger partial charge in [0, 0.05) is 6.20 Å². The number of nitrogens with zero attached hydrogens (tertiary/aromatic N) is 2.